The van der Waals surface area contributed by atoms with E-state index in [-0.39, 0.29) is 23.3 Å². The Labute approximate surface area is 172 Å². The van der Waals surface area contributed by atoms with Crippen LogP contribution >= 0.6 is 23.4 Å². The van der Waals surface area contributed by atoms with E-state index in [1.807, 2.05) is 25.1 Å². The van der Waals surface area contributed by atoms with E-state index in [1.165, 1.54) is 29.2 Å². The van der Waals surface area contributed by atoms with Gasteiger partial charge in [0.2, 0.25) is 5.91 Å². The number of nitrogens with zero attached hydrogens (tertiary/aromatic N) is 2. The van der Waals surface area contributed by atoms with Crippen LogP contribution in [0, 0.1) is 5.92 Å². The summed E-state index contributed by atoms with van der Waals surface area (Å²) < 4.78 is 1.52. The molecule has 28 heavy (non-hydrogen) atoms. The summed E-state index contributed by atoms with van der Waals surface area (Å²) >= 11 is 7.39. The minimum atomic E-state index is -0.179. The van der Waals surface area contributed by atoms with Gasteiger partial charge in [-0.1, -0.05) is 41.6 Å². The highest BCUT2D eigenvalue weighted by molar-refractivity contribution is 7.99. The van der Waals surface area contributed by atoms with E-state index in [9.17, 15) is 9.59 Å². The first-order valence-corrected chi connectivity index (χ1v) is 10.6. The number of hydrogen-bond acceptors (Lipinski definition) is 4. The van der Waals surface area contributed by atoms with Gasteiger partial charge in [0.1, 0.15) is 0 Å². The van der Waals surface area contributed by atoms with Gasteiger partial charge in [0.15, 0.2) is 5.16 Å². The SMILES string of the molecule is C[C@@H](NC(=O)CSc1nc2ccccc2c(=O)n1-c1cccc(Cl)c1)C1CC1. The molecule has 1 aromatic heterocycles. The highest BCUT2D eigenvalue weighted by Crippen LogP contribution is 2.32. The lowest BCUT2D eigenvalue weighted by atomic mass is 10.2. The molecule has 0 aliphatic heterocycles. The molecule has 7 heteroatoms. The van der Waals surface area contributed by atoms with E-state index in [2.05, 4.69) is 10.3 Å². The van der Waals surface area contributed by atoms with E-state index in [0.29, 0.717) is 32.7 Å². The Morgan fingerprint density at radius 2 is 2.07 bits per heavy atom. The van der Waals surface area contributed by atoms with Gasteiger partial charge in [0.25, 0.3) is 5.56 Å². The lowest BCUT2D eigenvalue weighted by Crippen LogP contribution is -2.35. The second-order valence-electron chi connectivity index (χ2n) is 7.01. The van der Waals surface area contributed by atoms with Crippen LogP contribution in [-0.2, 0) is 4.79 Å². The molecule has 0 spiro atoms. The Kier molecular flexibility index (Phi) is 5.42. The Bertz CT molecular complexity index is 1090. The molecule has 1 aliphatic carbocycles. The largest absolute Gasteiger partial charge is 0.353 e. The summed E-state index contributed by atoms with van der Waals surface area (Å²) in [5.74, 6) is 0.740. The summed E-state index contributed by atoms with van der Waals surface area (Å²) in [7, 11) is 0. The molecular weight excluding hydrogens is 394 g/mol. The van der Waals surface area contributed by atoms with E-state index >= 15 is 0 Å². The number of carbonyl (C=O) groups is 1. The smallest absolute Gasteiger partial charge is 0.266 e. The van der Waals surface area contributed by atoms with Crippen LogP contribution in [0.15, 0.2) is 58.5 Å². The van der Waals surface area contributed by atoms with Gasteiger partial charge in [-0.25, -0.2) is 4.98 Å². The van der Waals surface area contributed by atoms with Crippen LogP contribution < -0.4 is 10.9 Å². The standard InChI is InChI=1S/C21H20ClN3O2S/c1-13(14-9-10-14)23-19(26)12-28-21-24-18-8-3-2-7-17(18)20(27)25(21)16-6-4-5-15(22)11-16/h2-8,11,13-14H,9-10,12H2,1H3,(H,23,26)/t13-/m1/s1. The van der Waals surface area contributed by atoms with Crippen molar-refractivity contribution in [2.75, 3.05) is 5.75 Å². The molecule has 1 saturated carbocycles. The van der Waals surface area contributed by atoms with Crippen molar-refractivity contribution in [1.29, 1.82) is 0 Å². The van der Waals surface area contributed by atoms with Crippen LogP contribution in [0.3, 0.4) is 0 Å². The van der Waals surface area contributed by atoms with Crippen molar-refractivity contribution in [2.45, 2.75) is 31.0 Å². The zero-order valence-electron chi connectivity index (χ0n) is 15.4. The molecular formula is C21H20ClN3O2S. The highest BCUT2D eigenvalue weighted by Gasteiger charge is 2.28. The number of aromatic nitrogens is 2. The maximum Gasteiger partial charge on any atom is 0.266 e. The second kappa shape index (κ2) is 7.97. The van der Waals surface area contributed by atoms with Gasteiger partial charge in [0, 0.05) is 11.1 Å². The summed E-state index contributed by atoms with van der Waals surface area (Å²) in [6.45, 7) is 2.04. The van der Waals surface area contributed by atoms with Crippen molar-refractivity contribution in [1.82, 2.24) is 14.9 Å². The van der Waals surface area contributed by atoms with E-state index < -0.39 is 0 Å². The Balaban J connectivity index is 1.68. The Hall–Kier alpha value is -2.31. The summed E-state index contributed by atoms with van der Waals surface area (Å²) in [6.07, 6.45) is 2.35. The van der Waals surface area contributed by atoms with E-state index in [0.717, 1.165) is 0 Å². The molecule has 1 fully saturated rings. The number of fused-ring (bicyclic) bond motifs is 1. The molecule has 4 rings (SSSR count). The van der Waals surface area contributed by atoms with Crippen LogP contribution in [0.25, 0.3) is 16.6 Å². The number of benzene rings is 2. The molecule has 1 atom stereocenters. The summed E-state index contributed by atoms with van der Waals surface area (Å²) in [6, 6.07) is 14.5. The van der Waals surface area contributed by atoms with Gasteiger partial charge in [0.05, 0.1) is 22.3 Å². The average molecular weight is 414 g/mol. The first kappa shape index (κ1) is 19.0. The quantitative estimate of drug-likeness (QED) is 0.489. The van der Waals surface area contributed by atoms with Crippen LogP contribution in [0.4, 0.5) is 0 Å². The molecule has 5 nitrogen and oxygen atoms in total. The number of carbonyl (C=O) groups excluding carboxylic acids is 1. The second-order valence-corrected chi connectivity index (χ2v) is 8.39. The molecule has 1 amide bonds. The number of halogens is 1. The fourth-order valence-electron chi connectivity index (χ4n) is 3.19. The fourth-order valence-corrected chi connectivity index (χ4v) is 4.20. The molecule has 1 aliphatic rings. The number of para-hydroxylation sites is 1. The molecule has 0 saturated heterocycles. The first-order chi connectivity index (χ1) is 13.5. The van der Waals surface area contributed by atoms with Crippen molar-refractivity contribution in [3.63, 3.8) is 0 Å². The predicted molar refractivity (Wildman–Crippen MR) is 113 cm³/mol. The fraction of sp³-hybridized carbons (Fsp3) is 0.286. The number of nitrogens with one attached hydrogen (secondary N) is 1. The molecule has 2 aromatic carbocycles. The van der Waals surface area contributed by atoms with Gasteiger partial charge in [-0.2, -0.15) is 0 Å². The monoisotopic (exact) mass is 413 g/mol. The Morgan fingerprint density at radius 1 is 1.29 bits per heavy atom. The Morgan fingerprint density at radius 3 is 2.82 bits per heavy atom. The van der Waals surface area contributed by atoms with Gasteiger partial charge in [-0.15, -0.1) is 0 Å². The van der Waals surface area contributed by atoms with E-state index in [4.69, 9.17) is 11.6 Å². The van der Waals surface area contributed by atoms with Gasteiger partial charge < -0.3 is 5.32 Å². The average Bonchev–Trinajstić information content (AvgIpc) is 3.52. The lowest BCUT2D eigenvalue weighted by Gasteiger charge is -2.15. The third kappa shape index (κ3) is 4.08. The van der Waals surface area contributed by atoms with Gasteiger partial charge >= 0.3 is 0 Å². The normalized spacial score (nSPS) is 14.8. The minimum Gasteiger partial charge on any atom is -0.353 e. The first-order valence-electron chi connectivity index (χ1n) is 9.23. The molecule has 0 bridgehead atoms. The van der Waals surface area contributed by atoms with Crippen molar-refractivity contribution in [3.8, 4) is 5.69 Å². The van der Waals surface area contributed by atoms with Crippen molar-refractivity contribution < 1.29 is 4.79 Å². The maximum absolute atomic E-state index is 13.1. The molecule has 0 unspecified atom stereocenters. The third-order valence-electron chi connectivity index (χ3n) is 4.86. The van der Waals surface area contributed by atoms with E-state index in [1.54, 1.807) is 30.3 Å². The highest BCUT2D eigenvalue weighted by atomic mass is 35.5. The van der Waals surface area contributed by atoms with Gasteiger partial charge in [-0.3, -0.25) is 14.2 Å². The molecule has 1 heterocycles. The van der Waals surface area contributed by atoms with Crippen molar-refractivity contribution in [2.24, 2.45) is 5.92 Å². The van der Waals surface area contributed by atoms with Crippen LogP contribution in [0.5, 0.6) is 0 Å². The maximum atomic E-state index is 13.1. The number of rotatable bonds is 6. The molecule has 3 aromatic rings. The predicted octanol–water partition coefficient (Wildman–Crippen LogP) is 4.05. The van der Waals surface area contributed by atoms with Crippen LogP contribution in [0.1, 0.15) is 19.8 Å². The summed E-state index contributed by atoms with van der Waals surface area (Å²) in [4.78, 5) is 30.1. The lowest BCUT2D eigenvalue weighted by molar-refractivity contribution is -0.119. The summed E-state index contributed by atoms with van der Waals surface area (Å²) in [5, 5.41) is 4.57. The molecule has 0 radical (unpaired) electrons. The zero-order chi connectivity index (χ0) is 19.7. The number of hydrogen-bond donors (Lipinski definition) is 1. The van der Waals surface area contributed by atoms with Gasteiger partial charge in [-0.05, 0) is 56.0 Å². The topological polar surface area (TPSA) is 64.0 Å². The molecule has 1 N–H and O–H groups in total. The summed E-state index contributed by atoms with van der Waals surface area (Å²) in [5.41, 5.74) is 1.06. The van der Waals surface area contributed by atoms with Crippen LogP contribution in [0.2, 0.25) is 5.02 Å². The minimum absolute atomic E-state index is 0.0514. The number of amides is 1. The van der Waals surface area contributed by atoms with Crippen molar-refractivity contribution in [3.05, 3.63) is 63.9 Å². The van der Waals surface area contributed by atoms with Crippen molar-refractivity contribution >= 4 is 40.2 Å². The third-order valence-corrected chi connectivity index (χ3v) is 6.04. The van der Waals surface area contributed by atoms with Crippen LogP contribution in [-0.4, -0.2) is 27.3 Å². The number of thioether (sulfide) groups is 1. The molecule has 144 valence electrons. The zero-order valence-corrected chi connectivity index (χ0v) is 17.0.